The van der Waals surface area contributed by atoms with Crippen LogP contribution in [0, 0.1) is 6.92 Å². The smallest absolute Gasteiger partial charge is 0.258 e. The highest BCUT2D eigenvalue weighted by molar-refractivity contribution is 5.96. The van der Waals surface area contributed by atoms with Gasteiger partial charge in [-0.1, -0.05) is 18.2 Å². The zero-order chi connectivity index (χ0) is 15.7. The summed E-state index contributed by atoms with van der Waals surface area (Å²) < 4.78 is 12.5. The summed E-state index contributed by atoms with van der Waals surface area (Å²) >= 11 is 0. The topological polar surface area (TPSA) is 65.4 Å². The molecule has 6 nitrogen and oxygen atoms in total. The van der Waals surface area contributed by atoms with Crippen molar-refractivity contribution in [1.82, 2.24) is 15.1 Å². The number of carbonyl (C=O) groups excluding carboxylic acids is 1. The number of hydrogen-bond acceptors (Lipinski definition) is 4. The highest BCUT2D eigenvalue weighted by atomic mass is 16.5. The summed E-state index contributed by atoms with van der Waals surface area (Å²) in [6.45, 7) is 2.49. The van der Waals surface area contributed by atoms with Crippen molar-refractivity contribution < 1.29 is 14.3 Å². The van der Waals surface area contributed by atoms with Gasteiger partial charge in [-0.2, -0.15) is 0 Å². The normalized spacial score (nSPS) is 16.6. The van der Waals surface area contributed by atoms with Gasteiger partial charge < -0.3 is 14.8 Å². The van der Waals surface area contributed by atoms with E-state index in [1.54, 1.807) is 17.9 Å². The fraction of sp³-hybridized carbons (Fsp3) is 0.375. The van der Waals surface area contributed by atoms with Crippen LogP contribution in [0.15, 0.2) is 24.4 Å². The van der Waals surface area contributed by atoms with E-state index in [1.165, 1.54) is 7.11 Å². The van der Waals surface area contributed by atoms with Crippen LogP contribution in [-0.4, -0.2) is 35.4 Å². The van der Waals surface area contributed by atoms with Crippen molar-refractivity contribution in [3.8, 4) is 11.6 Å². The maximum absolute atomic E-state index is 12.4. The molecule has 22 heavy (non-hydrogen) atoms. The lowest BCUT2D eigenvalue weighted by Gasteiger charge is -2.27. The highest BCUT2D eigenvalue weighted by Crippen LogP contribution is 2.28. The summed E-state index contributed by atoms with van der Waals surface area (Å²) in [4.78, 5) is 12.4. The van der Waals surface area contributed by atoms with Gasteiger partial charge in [0.05, 0.1) is 13.2 Å². The first kappa shape index (κ1) is 14.4. The molecule has 0 spiro atoms. The van der Waals surface area contributed by atoms with E-state index in [0.717, 1.165) is 23.3 Å². The molecule has 1 amide bonds. The van der Waals surface area contributed by atoms with E-state index in [-0.39, 0.29) is 11.9 Å². The summed E-state index contributed by atoms with van der Waals surface area (Å²) in [6.07, 6.45) is 2.40. The molecular formula is C16H19N3O3. The Labute approximate surface area is 129 Å². The largest absolute Gasteiger partial charge is 0.491 e. The maximum atomic E-state index is 12.4. The highest BCUT2D eigenvalue weighted by Gasteiger charge is 2.25. The summed E-state index contributed by atoms with van der Waals surface area (Å²) in [5.74, 6) is 1.06. The molecule has 1 aromatic carbocycles. The number of ether oxygens (including phenoxy) is 2. The zero-order valence-electron chi connectivity index (χ0n) is 12.9. The van der Waals surface area contributed by atoms with Crippen LogP contribution >= 0.6 is 0 Å². The van der Waals surface area contributed by atoms with Gasteiger partial charge in [-0.05, 0) is 24.5 Å². The standard InChI is InChI=1S/C16H19N3O3/c1-10-5-4-6-11-7-12(9-22-14(10)11)17-15(20)13-8-19(2)18-16(13)21-3/h4-6,8,12H,7,9H2,1-3H3,(H,17,20). The maximum Gasteiger partial charge on any atom is 0.258 e. The molecule has 1 aliphatic rings. The van der Waals surface area contributed by atoms with Gasteiger partial charge in [0.25, 0.3) is 5.91 Å². The third kappa shape index (κ3) is 2.64. The minimum atomic E-state index is -0.199. The molecule has 0 bridgehead atoms. The molecule has 116 valence electrons. The van der Waals surface area contributed by atoms with Gasteiger partial charge >= 0.3 is 0 Å². The van der Waals surface area contributed by atoms with Gasteiger partial charge in [0.1, 0.15) is 17.9 Å². The number of aryl methyl sites for hydroxylation is 2. The lowest BCUT2D eigenvalue weighted by Crippen LogP contribution is -2.42. The van der Waals surface area contributed by atoms with Crippen molar-refractivity contribution >= 4 is 5.91 Å². The van der Waals surface area contributed by atoms with Crippen molar-refractivity contribution in [2.75, 3.05) is 13.7 Å². The summed E-state index contributed by atoms with van der Waals surface area (Å²) in [7, 11) is 3.25. The molecule has 2 aromatic rings. The molecule has 0 fully saturated rings. The fourth-order valence-corrected chi connectivity index (χ4v) is 2.72. The molecular weight excluding hydrogens is 282 g/mol. The molecule has 1 aliphatic heterocycles. The van der Waals surface area contributed by atoms with Crippen LogP contribution in [0.2, 0.25) is 0 Å². The second-order valence-electron chi connectivity index (χ2n) is 5.47. The van der Waals surface area contributed by atoms with Gasteiger partial charge in [-0.3, -0.25) is 9.48 Å². The SMILES string of the molecule is COc1nn(C)cc1C(=O)NC1COc2c(C)cccc2C1. The van der Waals surface area contributed by atoms with Crippen LogP contribution in [0.25, 0.3) is 0 Å². The van der Waals surface area contributed by atoms with Crippen LogP contribution in [0.5, 0.6) is 11.6 Å². The summed E-state index contributed by atoms with van der Waals surface area (Å²) in [5.41, 5.74) is 2.67. The van der Waals surface area contributed by atoms with Gasteiger partial charge in [0.15, 0.2) is 0 Å². The lowest BCUT2D eigenvalue weighted by molar-refractivity contribution is 0.0912. The molecule has 0 saturated carbocycles. The van der Waals surface area contributed by atoms with Crippen molar-refractivity contribution in [1.29, 1.82) is 0 Å². The molecule has 0 aliphatic carbocycles. The Kier molecular flexibility index (Phi) is 3.75. The van der Waals surface area contributed by atoms with Crippen LogP contribution in [0.1, 0.15) is 21.5 Å². The van der Waals surface area contributed by atoms with Crippen LogP contribution < -0.4 is 14.8 Å². The van der Waals surface area contributed by atoms with Crippen LogP contribution in [-0.2, 0) is 13.5 Å². The van der Waals surface area contributed by atoms with E-state index >= 15 is 0 Å². The molecule has 3 rings (SSSR count). The van der Waals surface area contributed by atoms with E-state index in [2.05, 4.69) is 10.4 Å². The third-order valence-corrected chi connectivity index (χ3v) is 3.76. The monoisotopic (exact) mass is 301 g/mol. The van der Waals surface area contributed by atoms with E-state index in [9.17, 15) is 4.79 Å². The summed E-state index contributed by atoms with van der Waals surface area (Å²) in [5, 5.41) is 7.08. The molecule has 0 radical (unpaired) electrons. The number of fused-ring (bicyclic) bond motifs is 1. The van der Waals surface area contributed by atoms with Gasteiger partial charge in [0.2, 0.25) is 5.88 Å². The molecule has 2 heterocycles. The molecule has 1 atom stereocenters. The van der Waals surface area contributed by atoms with Gasteiger partial charge in [-0.15, -0.1) is 5.10 Å². The number of carbonyl (C=O) groups is 1. The van der Waals surface area contributed by atoms with E-state index in [0.29, 0.717) is 18.1 Å². The number of nitrogens with zero attached hydrogens (tertiary/aromatic N) is 2. The molecule has 1 unspecified atom stereocenters. The lowest BCUT2D eigenvalue weighted by atomic mass is 10.00. The van der Waals surface area contributed by atoms with Crippen molar-refractivity contribution in [3.05, 3.63) is 41.1 Å². The average molecular weight is 301 g/mol. The molecule has 1 N–H and O–H groups in total. The quantitative estimate of drug-likeness (QED) is 0.932. The van der Waals surface area contributed by atoms with Gasteiger partial charge in [-0.25, -0.2) is 0 Å². The number of benzene rings is 1. The first-order valence-corrected chi connectivity index (χ1v) is 7.18. The number of hydrogen-bond donors (Lipinski definition) is 1. The van der Waals surface area contributed by atoms with Crippen molar-refractivity contribution in [3.63, 3.8) is 0 Å². The van der Waals surface area contributed by atoms with E-state index in [1.807, 2.05) is 25.1 Å². The molecule has 1 aromatic heterocycles. The Hall–Kier alpha value is -2.50. The Balaban J connectivity index is 1.73. The third-order valence-electron chi connectivity index (χ3n) is 3.76. The fourth-order valence-electron chi connectivity index (χ4n) is 2.72. The van der Waals surface area contributed by atoms with Crippen LogP contribution in [0.4, 0.5) is 0 Å². The van der Waals surface area contributed by atoms with E-state index < -0.39 is 0 Å². The number of nitrogens with one attached hydrogen (secondary N) is 1. The zero-order valence-corrected chi connectivity index (χ0v) is 12.9. The molecule has 6 heteroatoms. The van der Waals surface area contributed by atoms with Crippen molar-refractivity contribution in [2.24, 2.45) is 7.05 Å². The number of rotatable bonds is 3. The Morgan fingerprint density at radius 1 is 1.50 bits per heavy atom. The number of para-hydroxylation sites is 1. The average Bonchev–Trinajstić information content (AvgIpc) is 2.88. The van der Waals surface area contributed by atoms with Crippen LogP contribution in [0.3, 0.4) is 0 Å². The number of amides is 1. The van der Waals surface area contributed by atoms with Crippen molar-refractivity contribution in [2.45, 2.75) is 19.4 Å². The number of methoxy groups -OCH3 is 1. The predicted octanol–water partition coefficient (Wildman–Crippen LogP) is 1.47. The minimum absolute atomic E-state index is 0.0632. The predicted molar refractivity (Wildman–Crippen MR) is 81.4 cm³/mol. The Bertz CT molecular complexity index is 709. The second kappa shape index (κ2) is 5.71. The Morgan fingerprint density at radius 2 is 2.32 bits per heavy atom. The first-order valence-electron chi connectivity index (χ1n) is 7.18. The Morgan fingerprint density at radius 3 is 3.09 bits per heavy atom. The second-order valence-corrected chi connectivity index (χ2v) is 5.47. The van der Waals surface area contributed by atoms with E-state index in [4.69, 9.17) is 9.47 Å². The minimum Gasteiger partial charge on any atom is -0.491 e. The molecule has 0 saturated heterocycles. The summed E-state index contributed by atoms with van der Waals surface area (Å²) in [6, 6.07) is 6.00. The van der Waals surface area contributed by atoms with Gasteiger partial charge in [0, 0.05) is 13.2 Å². The first-order chi connectivity index (χ1) is 10.6. The number of aromatic nitrogens is 2.